The van der Waals surface area contributed by atoms with E-state index in [2.05, 4.69) is 52.4 Å². The van der Waals surface area contributed by atoms with E-state index in [4.69, 9.17) is 4.98 Å². The third-order valence-corrected chi connectivity index (χ3v) is 8.20. The summed E-state index contributed by atoms with van der Waals surface area (Å²) in [6, 6.07) is 13.5. The standard InChI is InChI=1S/C29H33N7/c1-34-13-10-23(11-14-34)22-6-8-24(9-7-22)27-16-28-31-12-15-36(28)29(33-27)26-18-32-35(20-26)19-25(17-30)21-4-2-3-5-21/h6-9,12,15-16,18,20-21,23,25H,2-5,10-11,13-14,19H2,1H3. The van der Waals surface area contributed by atoms with E-state index >= 15 is 0 Å². The second kappa shape index (κ2) is 9.87. The van der Waals surface area contributed by atoms with Crippen molar-refractivity contribution in [2.75, 3.05) is 20.1 Å². The van der Waals surface area contributed by atoms with Crippen LogP contribution in [0.3, 0.4) is 0 Å². The molecule has 1 atom stereocenters. The van der Waals surface area contributed by atoms with Gasteiger partial charge in [0, 0.05) is 30.2 Å². The Morgan fingerprint density at radius 2 is 1.83 bits per heavy atom. The molecule has 184 valence electrons. The monoisotopic (exact) mass is 479 g/mol. The summed E-state index contributed by atoms with van der Waals surface area (Å²) in [5.41, 5.74) is 5.22. The van der Waals surface area contributed by atoms with Crippen LogP contribution in [0, 0.1) is 23.2 Å². The molecule has 7 nitrogen and oxygen atoms in total. The molecule has 3 aromatic heterocycles. The van der Waals surface area contributed by atoms with E-state index in [1.807, 2.05) is 39.9 Å². The molecule has 1 aliphatic carbocycles. The van der Waals surface area contributed by atoms with Crippen molar-refractivity contribution >= 4 is 5.65 Å². The van der Waals surface area contributed by atoms with Crippen LogP contribution in [0.2, 0.25) is 0 Å². The molecule has 1 saturated heterocycles. The number of nitrogens with zero attached hydrogens (tertiary/aromatic N) is 7. The molecule has 1 saturated carbocycles. The summed E-state index contributed by atoms with van der Waals surface area (Å²) < 4.78 is 3.92. The average molecular weight is 480 g/mol. The van der Waals surface area contributed by atoms with E-state index in [0.717, 1.165) is 54.2 Å². The number of nitriles is 1. The third kappa shape index (κ3) is 4.54. The van der Waals surface area contributed by atoms with Crippen molar-refractivity contribution in [2.45, 2.75) is 51.0 Å². The Hall–Kier alpha value is -3.50. The molecular formula is C29H33N7. The van der Waals surface area contributed by atoms with E-state index in [1.165, 1.54) is 31.2 Å². The van der Waals surface area contributed by atoms with E-state index in [0.29, 0.717) is 18.4 Å². The number of hydrogen-bond donors (Lipinski definition) is 0. The fraction of sp³-hybridized carbons (Fsp3) is 0.448. The summed E-state index contributed by atoms with van der Waals surface area (Å²) in [6.07, 6.45) is 14.9. The Bertz CT molecular complexity index is 1360. The van der Waals surface area contributed by atoms with Gasteiger partial charge in [0.15, 0.2) is 0 Å². The summed E-state index contributed by atoms with van der Waals surface area (Å²) in [5.74, 6) is 1.96. The van der Waals surface area contributed by atoms with E-state index in [9.17, 15) is 5.26 Å². The smallest absolute Gasteiger partial charge is 0.149 e. The van der Waals surface area contributed by atoms with Gasteiger partial charge in [-0.2, -0.15) is 10.4 Å². The molecule has 0 bridgehead atoms. The van der Waals surface area contributed by atoms with Crippen molar-refractivity contribution in [3.8, 4) is 28.7 Å². The number of likely N-dealkylation sites (tertiary alicyclic amines) is 1. The number of imidazole rings is 1. The maximum Gasteiger partial charge on any atom is 0.149 e. The van der Waals surface area contributed by atoms with Crippen molar-refractivity contribution in [3.05, 3.63) is 60.7 Å². The maximum atomic E-state index is 9.74. The SMILES string of the molecule is CN1CCC(c2ccc(-c3cc4nccn4c(-c4cnn(CC(C#N)C5CCCC5)c4)n3)cc2)CC1. The summed E-state index contributed by atoms with van der Waals surface area (Å²) in [7, 11) is 2.20. The lowest BCUT2D eigenvalue weighted by molar-refractivity contribution is 0.255. The zero-order valence-corrected chi connectivity index (χ0v) is 20.9. The van der Waals surface area contributed by atoms with Crippen molar-refractivity contribution in [3.63, 3.8) is 0 Å². The zero-order valence-electron chi connectivity index (χ0n) is 20.9. The van der Waals surface area contributed by atoms with Gasteiger partial charge in [0.05, 0.1) is 36.0 Å². The molecule has 1 unspecified atom stereocenters. The third-order valence-electron chi connectivity index (χ3n) is 8.20. The van der Waals surface area contributed by atoms with Crippen LogP contribution in [0.1, 0.15) is 50.0 Å². The van der Waals surface area contributed by atoms with Gasteiger partial charge in [-0.15, -0.1) is 0 Å². The van der Waals surface area contributed by atoms with Crippen molar-refractivity contribution in [1.82, 2.24) is 29.0 Å². The highest BCUT2D eigenvalue weighted by molar-refractivity contribution is 5.69. The largest absolute Gasteiger partial charge is 0.306 e. The topological polar surface area (TPSA) is 75.0 Å². The number of rotatable bonds is 6. The Morgan fingerprint density at radius 3 is 2.58 bits per heavy atom. The predicted octanol–water partition coefficient (Wildman–Crippen LogP) is 5.40. The highest BCUT2D eigenvalue weighted by Gasteiger charge is 2.26. The normalized spacial score (nSPS) is 18.6. The Labute approximate surface area is 212 Å². The molecule has 2 aliphatic rings. The highest BCUT2D eigenvalue weighted by Crippen LogP contribution is 2.33. The van der Waals surface area contributed by atoms with Crippen LogP contribution >= 0.6 is 0 Å². The van der Waals surface area contributed by atoms with Gasteiger partial charge in [-0.1, -0.05) is 37.1 Å². The summed E-state index contributed by atoms with van der Waals surface area (Å²) in [6.45, 7) is 2.96. The second-order valence-corrected chi connectivity index (χ2v) is 10.6. The second-order valence-electron chi connectivity index (χ2n) is 10.6. The van der Waals surface area contributed by atoms with Crippen molar-refractivity contribution < 1.29 is 0 Å². The molecule has 7 heteroatoms. The quantitative estimate of drug-likeness (QED) is 0.370. The van der Waals surface area contributed by atoms with E-state index in [1.54, 1.807) is 0 Å². The van der Waals surface area contributed by atoms with Gasteiger partial charge in [-0.05, 0) is 63.2 Å². The van der Waals surface area contributed by atoms with Crippen molar-refractivity contribution in [1.29, 1.82) is 5.26 Å². The molecule has 6 rings (SSSR count). The van der Waals surface area contributed by atoms with Gasteiger partial charge in [-0.25, -0.2) is 9.97 Å². The molecule has 36 heavy (non-hydrogen) atoms. The molecule has 0 spiro atoms. The summed E-state index contributed by atoms with van der Waals surface area (Å²) in [4.78, 5) is 12.0. The Balaban J connectivity index is 1.27. The van der Waals surface area contributed by atoms with Gasteiger partial charge in [0.25, 0.3) is 0 Å². The average Bonchev–Trinajstić information content (AvgIpc) is 3.69. The van der Waals surface area contributed by atoms with Crippen LogP contribution in [0.25, 0.3) is 28.3 Å². The van der Waals surface area contributed by atoms with Crippen LogP contribution in [-0.4, -0.2) is 49.2 Å². The molecule has 4 heterocycles. The molecule has 2 fully saturated rings. The minimum Gasteiger partial charge on any atom is -0.306 e. The first kappa shape index (κ1) is 22.9. The van der Waals surface area contributed by atoms with Gasteiger partial charge in [0.2, 0.25) is 0 Å². The van der Waals surface area contributed by atoms with Crippen LogP contribution in [-0.2, 0) is 6.54 Å². The van der Waals surface area contributed by atoms with Gasteiger partial charge >= 0.3 is 0 Å². The fourth-order valence-corrected chi connectivity index (χ4v) is 5.98. The molecule has 4 aromatic rings. The number of hydrogen-bond acceptors (Lipinski definition) is 5. The first-order valence-electron chi connectivity index (χ1n) is 13.2. The lowest BCUT2D eigenvalue weighted by Gasteiger charge is -2.29. The number of aromatic nitrogens is 5. The minimum absolute atomic E-state index is 0.0101. The summed E-state index contributed by atoms with van der Waals surface area (Å²) >= 11 is 0. The Morgan fingerprint density at radius 1 is 1.06 bits per heavy atom. The molecule has 0 radical (unpaired) electrons. The molecule has 1 aromatic carbocycles. The first-order chi connectivity index (χ1) is 17.7. The van der Waals surface area contributed by atoms with Crippen LogP contribution < -0.4 is 0 Å². The number of piperidine rings is 1. The van der Waals surface area contributed by atoms with E-state index in [-0.39, 0.29) is 5.92 Å². The minimum atomic E-state index is 0.0101. The number of fused-ring (bicyclic) bond motifs is 1. The molecular weight excluding hydrogens is 446 g/mol. The van der Waals surface area contributed by atoms with Crippen LogP contribution in [0.15, 0.2) is 55.1 Å². The zero-order chi connectivity index (χ0) is 24.5. The predicted molar refractivity (Wildman–Crippen MR) is 140 cm³/mol. The molecule has 0 N–H and O–H groups in total. The van der Waals surface area contributed by atoms with Crippen LogP contribution in [0.5, 0.6) is 0 Å². The molecule has 0 amide bonds. The van der Waals surface area contributed by atoms with Gasteiger partial charge in [0.1, 0.15) is 11.5 Å². The van der Waals surface area contributed by atoms with E-state index < -0.39 is 0 Å². The lowest BCUT2D eigenvalue weighted by atomic mass is 9.89. The highest BCUT2D eigenvalue weighted by atomic mass is 15.3. The lowest BCUT2D eigenvalue weighted by Crippen LogP contribution is -2.29. The van der Waals surface area contributed by atoms with Crippen molar-refractivity contribution in [2.24, 2.45) is 11.8 Å². The van der Waals surface area contributed by atoms with Gasteiger partial charge < -0.3 is 4.90 Å². The maximum absolute atomic E-state index is 9.74. The van der Waals surface area contributed by atoms with Gasteiger partial charge in [-0.3, -0.25) is 9.08 Å². The Kier molecular flexibility index (Phi) is 6.28. The first-order valence-corrected chi connectivity index (χ1v) is 13.2. The summed E-state index contributed by atoms with van der Waals surface area (Å²) in [5, 5.41) is 14.3. The fourth-order valence-electron chi connectivity index (χ4n) is 5.98. The van der Waals surface area contributed by atoms with Crippen LogP contribution in [0.4, 0.5) is 0 Å². The number of benzene rings is 1. The molecule has 1 aliphatic heterocycles.